The Morgan fingerprint density at radius 3 is 1.51 bits per heavy atom. The second-order valence-corrected chi connectivity index (χ2v) is 12.3. The maximum atomic E-state index is 2.47. The summed E-state index contributed by atoms with van der Waals surface area (Å²) in [5.74, 6) is 0. The Hall–Kier alpha value is -5.20. The van der Waals surface area contributed by atoms with Crippen molar-refractivity contribution in [2.24, 2.45) is 0 Å². The first-order chi connectivity index (χ1) is 21.1. The van der Waals surface area contributed by atoms with Gasteiger partial charge >= 0.3 is 0 Å². The monoisotopic (exact) mass is 546 g/mol. The number of rotatable bonds is 2. The molecule has 0 spiro atoms. The molecular weight excluding hydrogens is 516 g/mol. The maximum absolute atomic E-state index is 2.47. The van der Waals surface area contributed by atoms with Gasteiger partial charge in [0, 0.05) is 0 Å². The summed E-state index contributed by atoms with van der Waals surface area (Å²) in [5, 5.41) is 10.2. The summed E-state index contributed by atoms with van der Waals surface area (Å²) in [6.07, 6.45) is 0. The van der Waals surface area contributed by atoms with E-state index in [-0.39, 0.29) is 0 Å². The quantitative estimate of drug-likeness (QED) is 0.202. The molecule has 0 radical (unpaired) electrons. The predicted octanol–water partition coefficient (Wildman–Crippen LogP) is 11.3. The molecule has 0 amide bonds. The predicted molar refractivity (Wildman–Crippen MR) is 183 cm³/mol. The molecule has 1 aliphatic rings. The highest BCUT2D eigenvalue weighted by molar-refractivity contribution is 6.07. The Labute approximate surface area is 251 Å². The molecule has 8 aromatic rings. The summed E-state index contributed by atoms with van der Waals surface area (Å²) in [5.41, 5.74) is 10.1. The van der Waals surface area contributed by atoms with Crippen molar-refractivity contribution in [2.75, 3.05) is 0 Å². The SMILES string of the molecule is Cc1ccc2cc(C3(c4ccc5cc(C)ccc5c4)c4cc5ccccc5cc4-c4c3ccc3ccccc43)ccc2c1. The van der Waals surface area contributed by atoms with Gasteiger partial charge in [0.15, 0.2) is 0 Å². The molecule has 0 nitrogen and oxygen atoms in total. The minimum atomic E-state index is -0.475. The fraction of sp³-hybridized carbons (Fsp3) is 0.0698. The third kappa shape index (κ3) is 3.44. The van der Waals surface area contributed by atoms with Gasteiger partial charge in [-0.3, -0.25) is 0 Å². The van der Waals surface area contributed by atoms with Crippen molar-refractivity contribution < 1.29 is 0 Å². The molecular formula is C43H30. The van der Waals surface area contributed by atoms with E-state index >= 15 is 0 Å². The molecule has 0 aliphatic heterocycles. The van der Waals surface area contributed by atoms with E-state index in [0.29, 0.717) is 0 Å². The van der Waals surface area contributed by atoms with Crippen molar-refractivity contribution in [1.29, 1.82) is 0 Å². The van der Waals surface area contributed by atoms with Crippen molar-refractivity contribution in [2.45, 2.75) is 19.3 Å². The van der Waals surface area contributed by atoms with E-state index in [9.17, 15) is 0 Å². The van der Waals surface area contributed by atoms with Crippen molar-refractivity contribution in [1.82, 2.24) is 0 Å². The molecule has 0 heteroatoms. The van der Waals surface area contributed by atoms with Crippen molar-refractivity contribution in [3.05, 3.63) is 179 Å². The zero-order valence-corrected chi connectivity index (χ0v) is 24.4. The molecule has 0 N–H and O–H groups in total. The largest absolute Gasteiger partial charge is 0.0714 e. The summed E-state index contributed by atoms with van der Waals surface area (Å²) < 4.78 is 0. The molecule has 0 unspecified atom stereocenters. The summed E-state index contributed by atoms with van der Waals surface area (Å²) in [7, 11) is 0. The van der Waals surface area contributed by atoms with Gasteiger partial charge in [-0.1, -0.05) is 132 Å². The molecule has 0 fully saturated rings. The van der Waals surface area contributed by atoms with Gasteiger partial charge in [0.2, 0.25) is 0 Å². The van der Waals surface area contributed by atoms with Crippen LogP contribution in [0.25, 0.3) is 54.2 Å². The van der Waals surface area contributed by atoms with Crippen molar-refractivity contribution in [3.8, 4) is 11.1 Å². The van der Waals surface area contributed by atoms with Crippen LogP contribution in [0.5, 0.6) is 0 Å². The van der Waals surface area contributed by atoms with Crippen molar-refractivity contribution in [3.63, 3.8) is 0 Å². The van der Waals surface area contributed by atoms with Crippen LogP contribution >= 0.6 is 0 Å². The van der Waals surface area contributed by atoms with E-state index in [1.807, 2.05) is 0 Å². The lowest BCUT2D eigenvalue weighted by Crippen LogP contribution is -2.28. The highest BCUT2D eigenvalue weighted by atomic mass is 14.5. The molecule has 0 bridgehead atoms. The summed E-state index contributed by atoms with van der Waals surface area (Å²) in [6, 6.07) is 55.2. The maximum Gasteiger partial charge on any atom is 0.0714 e. The molecule has 0 saturated heterocycles. The molecule has 0 saturated carbocycles. The van der Waals surface area contributed by atoms with Gasteiger partial charge in [0.05, 0.1) is 5.41 Å². The van der Waals surface area contributed by atoms with E-state index in [1.54, 1.807) is 0 Å². The number of fused-ring (bicyclic) bond motifs is 8. The van der Waals surface area contributed by atoms with E-state index in [2.05, 4.69) is 159 Å². The Kier molecular flexibility index (Phi) is 5.05. The lowest BCUT2D eigenvalue weighted by Gasteiger charge is -2.34. The summed E-state index contributed by atoms with van der Waals surface area (Å²) >= 11 is 0. The van der Waals surface area contributed by atoms with Crippen LogP contribution in [0.3, 0.4) is 0 Å². The summed E-state index contributed by atoms with van der Waals surface area (Å²) in [6.45, 7) is 4.34. The molecule has 9 rings (SSSR count). The van der Waals surface area contributed by atoms with Crippen LogP contribution in [-0.2, 0) is 5.41 Å². The highest BCUT2D eigenvalue weighted by Gasteiger charge is 2.47. The van der Waals surface area contributed by atoms with Gasteiger partial charge in [-0.05, 0) is 115 Å². The standard InChI is InChI=1S/C43H30/c1-27-11-13-34-23-36(18-15-32(34)21-27)43(37-19-16-33-22-28(2)12-14-35(33)24-37)40-20-17-29-7-5-6-10-38(29)42(40)39-25-30-8-3-4-9-31(30)26-41(39)43/h3-26H,1-2H3. The first-order valence-corrected chi connectivity index (χ1v) is 15.2. The zero-order valence-electron chi connectivity index (χ0n) is 24.4. The fourth-order valence-corrected chi connectivity index (χ4v) is 7.76. The van der Waals surface area contributed by atoms with Crippen LogP contribution in [0.2, 0.25) is 0 Å². The van der Waals surface area contributed by atoms with E-state index in [1.165, 1.54) is 87.6 Å². The van der Waals surface area contributed by atoms with Crippen LogP contribution in [0.4, 0.5) is 0 Å². The van der Waals surface area contributed by atoms with Crippen LogP contribution in [-0.4, -0.2) is 0 Å². The number of benzene rings is 8. The Bertz CT molecular complexity index is 2340. The number of hydrogen-bond acceptors (Lipinski definition) is 0. The van der Waals surface area contributed by atoms with Gasteiger partial charge in [0.25, 0.3) is 0 Å². The lowest BCUT2D eigenvalue weighted by atomic mass is 9.67. The van der Waals surface area contributed by atoms with Gasteiger partial charge < -0.3 is 0 Å². The molecule has 0 atom stereocenters. The molecule has 0 heterocycles. The second-order valence-electron chi connectivity index (χ2n) is 12.3. The minimum Gasteiger partial charge on any atom is -0.0616 e. The number of hydrogen-bond donors (Lipinski definition) is 0. The molecule has 0 aromatic heterocycles. The third-order valence-electron chi connectivity index (χ3n) is 9.75. The van der Waals surface area contributed by atoms with Crippen LogP contribution < -0.4 is 0 Å². The number of aryl methyl sites for hydroxylation is 2. The Morgan fingerprint density at radius 1 is 0.372 bits per heavy atom. The summed E-state index contributed by atoms with van der Waals surface area (Å²) in [4.78, 5) is 0. The van der Waals surface area contributed by atoms with Gasteiger partial charge in [-0.25, -0.2) is 0 Å². The van der Waals surface area contributed by atoms with E-state index < -0.39 is 5.41 Å². The Balaban J connectivity index is 1.49. The molecule has 43 heavy (non-hydrogen) atoms. The molecule has 8 aromatic carbocycles. The topological polar surface area (TPSA) is 0 Å². The van der Waals surface area contributed by atoms with Gasteiger partial charge in [0.1, 0.15) is 0 Å². The van der Waals surface area contributed by atoms with E-state index in [0.717, 1.165) is 0 Å². The third-order valence-corrected chi connectivity index (χ3v) is 9.75. The Morgan fingerprint density at radius 2 is 0.860 bits per heavy atom. The van der Waals surface area contributed by atoms with Gasteiger partial charge in [-0.2, -0.15) is 0 Å². The first-order valence-electron chi connectivity index (χ1n) is 15.2. The van der Waals surface area contributed by atoms with E-state index in [4.69, 9.17) is 0 Å². The molecule has 202 valence electrons. The van der Waals surface area contributed by atoms with Crippen LogP contribution in [0.1, 0.15) is 33.4 Å². The fourth-order valence-electron chi connectivity index (χ4n) is 7.76. The van der Waals surface area contributed by atoms with Crippen LogP contribution in [0.15, 0.2) is 146 Å². The molecule has 1 aliphatic carbocycles. The minimum absolute atomic E-state index is 0.475. The lowest BCUT2D eigenvalue weighted by molar-refractivity contribution is 0.773. The average molecular weight is 547 g/mol. The van der Waals surface area contributed by atoms with Crippen molar-refractivity contribution >= 4 is 43.1 Å². The smallest absolute Gasteiger partial charge is 0.0616 e. The normalized spacial score (nSPS) is 13.5. The second kappa shape index (κ2) is 8.90. The van der Waals surface area contributed by atoms with Gasteiger partial charge in [-0.15, -0.1) is 0 Å². The highest BCUT2D eigenvalue weighted by Crippen LogP contribution is 2.59. The zero-order chi connectivity index (χ0) is 28.7. The first kappa shape index (κ1) is 24.4. The average Bonchev–Trinajstić information content (AvgIpc) is 3.33. The van der Waals surface area contributed by atoms with Crippen LogP contribution in [0, 0.1) is 13.8 Å².